The van der Waals surface area contributed by atoms with Gasteiger partial charge >= 0.3 is 0 Å². The topological polar surface area (TPSA) is 78.4 Å². The normalized spacial score (nSPS) is 16.2. The number of amides is 2. The van der Waals surface area contributed by atoms with Crippen LogP contribution in [-0.2, 0) is 4.79 Å². The Bertz CT molecular complexity index is 583. The molecule has 122 valence electrons. The van der Waals surface area contributed by atoms with Gasteiger partial charge < -0.3 is 15.7 Å². The largest absolute Gasteiger partial charge is 0.396 e. The molecule has 1 saturated carbocycles. The molecule has 3 N–H and O–H groups in total. The minimum absolute atomic E-state index is 0.0714. The standard InChI is InChI=1S/C16H24N2O3S/c1-10-7-11(18-14(21)15(2,3)4)22-12(10)13(20)17-8-16(9-19)5-6-16/h7,19H,5-6,8-9H2,1-4H3,(H,17,20)(H,18,21). The maximum absolute atomic E-state index is 12.3. The lowest BCUT2D eigenvalue weighted by Gasteiger charge is -2.16. The molecular formula is C16H24N2O3S. The zero-order valence-electron chi connectivity index (χ0n) is 13.6. The van der Waals surface area contributed by atoms with Crippen LogP contribution in [0.15, 0.2) is 6.07 Å². The molecule has 0 unspecified atom stereocenters. The molecule has 1 heterocycles. The number of hydrogen-bond donors (Lipinski definition) is 3. The number of anilines is 1. The SMILES string of the molecule is Cc1cc(NC(=O)C(C)(C)C)sc1C(=O)NCC1(CO)CC1. The number of aryl methyl sites for hydroxylation is 1. The van der Waals surface area contributed by atoms with Gasteiger partial charge in [-0.3, -0.25) is 9.59 Å². The molecule has 22 heavy (non-hydrogen) atoms. The lowest BCUT2D eigenvalue weighted by molar-refractivity contribution is -0.123. The Morgan fingerprint density at radius 1 is 1.36 bits per heavy atom. The van der Waals surface area contributed by atoms with Gasteiger partial charge in [-0.1, -0.05) is 20.8 Å². The molecule has 0 spiro atoms. The van der Waals surface area contributed by atoms with Crippen LogP contribution in [0.3, 0.4) is 0 Å². The minimum atomic E-state index is -0.472. The second kappa shape index (κ2) is 6.01. The first-order chi connectivity index (χ1) is 10.2. The Kier molecular flexibility index (Phi) is 4.63. The summed E-state index contributed by atoms with van der Waals surface area (Å²) in [6.07, 6.45) is 1.92. The Morgan fingerprint density at radius 2 is 2.00 bits per heavy atom. The van der Waals surface area contributed by atoms with E-state index in [4.69, 9.17) is 0 Å². The Balaban J connectivity index is 2.00. The molecular weight excluding hydrogens is 300 g/mol. The van der Waals surface area contributed by atoms with Gasteiger partial charge in [0.2, 0.25) is 5.91 Å². The zero-order chi connectivity index (χ0) is 16.5. The van der Waals surface area contributed by atoms with Crippen LogP contribution in [0.2, 0.25) is 0 Å². The quantitative estimate of drug-likeness (QED) is 0.779. The van der Waals surface area contributed by atoms with Gasteiger partial charge in [0, 0.05) is 17.4 Å². The zero-order valence-corrected chi connectivity index (χ0v) is 14.4. The molecule has 1 fully saturated rings. The van der Waals surface area contributed by atoms with E-state index >= 15 is 0 Å². The van der Waals surface area contributed by atoms with Gasteiger partial charge in [0.05, 0.1) is 16.5 Å². The average molecular weight is 324 g/mol. The molecule has 0 aliphatic heterocycles. The molecule has 0 atom stereocenters. The number of thiophene rings is 1. The van der Waals surface area contributed by atoms with Crippen molar-refractivity contribution in [3.8, 4) is 0 Å². The fourth-order valence-corrected chi connectivity index (χ4v) is 2.97. The van der Waals surface area contributed by atoms with Crippen LogP contribution in [0.1, 0.15) is 48.8 Å². The Morgan fingerprint density at radius 3 is 2.50 bits per heavy atom. The number of aliphatic hydroxyl groups excluding tert-OH is 1. The summed E-state index contributed by atoms with van der Waals surface area (Å²) in [6, 6.07) is 1.82. The van der Waals surface area contributed by atoms with Crippen molar-refractivity contribution in [1.29, 1.82) is 0 Å². The summed E-state index contributed by atoms with van der Waals surface area (Å²) < 4.78 is 0. The minimum Gasteiger partial charge on any atom is -0.396 e. The molecule has 5 nitrogen and oxygen atoms in total. The van der Waals surface area contributed by atoms with Gasteiger partial charge in [0.25, 0.3) is 5.91 Å². The molecule has 0 aromatic carbocycles. The number of nitrogens with one attached hydrogen (secondary N) is 2. The van der Waals surface area contributed by atoms with Crippen molar-refractivity contribution in [1.82, 2.24) is 5.32 Å². The molecule has 2 rings (SSSR count). The highest BCUT2D eigenvalue weighted by atomic mass is 32.1. The smallest absolute Gasteiger partial charge is 0.261 e. The van der Waals surface area contributed by atoms with Gasteiger partial charge in [0.1, 0.15) is 0 Å². The lowest BCUT2D eigenvalue weighted by Crippen LogP contribution is -2.31. The fraction of sp³-hybridized carbons (Fsp3) is 0.625. The van der Waals surface area contributed by atoms with E-state index in [9.17, 15) is 14.7 Å². The predicted octanol–water partition coefficient (Wildman–Crippen LogP) is 2.54. The van der Waals surface area contributed by atoms with Crippen LogP contribution in [0, 0.1) is 17.8 Å². The molecule has 1 aliphatic rings. The van der Waals surface area contributed by atoms with Gasteiger partial charge in [-0.15, -0.1) is 11.3 Å². The van der Waals surface area contributed by atoms with Crippen molar-refractivity contribution in [2.75, 3.05) is 18.5 Å². The summed E-state index contributed by atoms with van der Waals surface area (Å²) in [7, 11) is 0. The van der Waals surface area contributed by atoms with Crippen LogP contribution >= 0.6 is 11.3 Å². The maximum atomic E-state index is 12.3. The van der Waals surface area contributed by atoms with Crippen LogP contribution in [0.5, 0.6) is 0 Å². The van der Waals surface area contributed by atoms with E-state index < -0.39 is 5.41 Å². The molecule has 1 aromatic heterocycles. The lowest BCUT2D eigenvalue weighted by atomic mass is 9.96. The number of rotatable bonds is 5. The third-order valence-electron chi connectivity index (χ3n) is 3.96. The first-order valence-corrected chi connectivity index (χ1v) is 8.29. The summed E-state index contributed by atoms with van der Waals surface area (Å²) in [5, 5.41) is 15.7. The van der Waals surface area contributed by atoms with E-state index in [-0.39, 0.29) is 23.8 Å². The molecule has 0 bridgehead atoms. The van der Waals surface area contributed by atoms with Crippen molar-refractivity contribution in [3.05, 3.63) is 16.5 Å². The average Bonchev–Trinajstić information content (AvgIpc) is 3.13. The molecule has 2 amide bonds. The van der Waals surface area contributed by atoms with Crippen LogP contribution < -0.4 is 10.6 Å². The first-order valence-electron chi connectivity index (χ1n) is 7.48. The van der Waals surface area contributed by atoms with Crippen molar-refractivity contribution in [2.45, 2.75) is 40.5 Å². The number of carbonyl (C=O) groups excluding carboxylic acids is 2. The van der Waals surface area contributed by atoms with Gasteiger partial charge in [-0.05, 0) is 31.4 Å². The summed E-state index contributed by atoms with van der Waals surface area (Å²) in [4.78, 5) is 24.9. The van der Waals surface area contributed by atoms with E-state index in [1.807, 2.05) is 33.8 Å². The van der Waals surface area contributed by atoms with E-state index in [0.717, 1.165) is 18.4 Å². The van der Waals surface area contributed by atoms with E-state index in [1.54, 1.807) is 0 Å². The molecule has 6 heteroatoms. The second-order valence-electron chi connectivity index (χ2n) is 7.17. The van der Waals surface area contributed by atoms with Crippen molar-refractivity contribution in [2.24, 2.45) is 10.8 Å². The third kappa shape index (κ3) is 3.87. The fourth-order valence-electron chi connectivity index (χ4n) is 1.98. The Labute approximate surface area is 135 Å². The summed E-state index contributed by atoms with van der Waals surface area (Å²) >= 11 is 1.28. The molecule has 1 aromatic rings. The molecule has 1 aliphatic carbocycles. The molecule has 0 saturated heterocycles. The molecule has 0 radical (unpaired) electrons. The van der Waals surface area contributed by atoms with E-state index in [1.165, 1.54) is 11.3 Å². The van der Waals surface area contributed by atoms with Crippen molar-refractivity contribution >= 4 is 28.2 Å². The number of hydrogen-bond acceptors (Lipinski definition) is 4. The van der Waals surface area contributed by atoms with Gasteiger partial charge in [0.15, 0.2) is 0 Å². The van der Waals surface area contributed by atoms with Crippen molar-refractivity contribution in [3.63, 3.8) is 0 Å². The third-order valence-corrected chi connectivity index (χ3v) is 5.11. The summed E-state index contributed by atoms with van der Waals surface area (Å²) in [6.45, 7) is 8.02. The van der Waals surface area contributed by atoms with Crippen LogP contribution in [0.25, 0.3) is 0 Å². The highest BCUT2D eigenvalue weighted by Gasteiger charge is 2.42. The summed E-state index contributed by atoms with van der Waals surface area (Å²) in [5.74, 6) is -0.212. The van der Waals surface area contributed by atoms with E-state index in [0.29, 0.717) is 16.4 Å². The maximum Gasteiger partial charge on any atom is 0.261 e. The Hall–Kier alpha value is -1.40. The summed E-state index contributed by atoms with van der Waals surface area (Å²) in [5.41, 5.74) is 0.268. The van der Waals surface area contributed by atoms with Gasteiger partial charge in [-0.25, -0.2) is 0 Å². The van der Waals surface area contributed by atoms with Crippen LogP contribution in [-0.4, -0.2) is 30.1 Å². The predicted molar refractivity (Wildman–Crippen MR) is 88.2 cm³/mol. The van der Waals surface area contributed by atoms with Gasteiger partial charge in [-0.2, -0.15) is 0 Å². The van der Waals surface area contributed by atoms with E-state index in [2.05, 4.69) is 10.6 Å². The number of aliphatic hydroxyl groups is 1. The first kappa shape index (κ1) is 17.0. The monoisotopic (exact) mass is 324 g/mol. The van der Waals surface area contributed by atoms with Crippen LogP contribution in [0.4, 0.5) is 5.00 Å². The van der Waals surface area contributed by atoms with Crippen molar-refractivity contribution < 1.29 is 14.7 Å². The number of carbonyl (C=O) groups is 2. The second-order valence-corrected chi connectivity index (χ2v) is 8.22. The highest BCUT2D eigenvalue weighted by molar-refractivity contribution is 7.18. The highest BCUT2D eigenvalue weighted by Crippen LogP contribution is 2.44.